The molecule has 1 aliphatic carbocycles. The number of rotatable bonds is 7. The van der Waals surface area contributed by atoms with Crippen molar-refractivity contribution in [2.24, 2.45) is 5.41 Å². The first-order chi connectivity index (χ1) is 13.1. The molecular weight excluding hydrogens is 388 g/mol. The summed E-state index contributed by atoms with van der Waals surface area (Å²) < 4.78 is 1.73. The summed E-state index contributed by atoms with van der Waals surface area (Å²) in [4.78, 5) is 13.5. The lowest BCUT2D eigenvalue weighted by Gasteiger charge is -2.33. The van der Waals surface area contributed by atoms with Gasteiger partial charge < -0.3 is 5.11 Å². The van der Waals surface area contributed by atoms with E-state index in [2.05, 4.69) is 39.7 Å². The molecule has 0 saturated heterocycles. The van der Waals surface area contributed by atoms with Crippen molar-refractivity contribution in [1.82, 2.24) is 4.31 Å². The molecule has 0 aromatic heterocycles. The van der Waals surface area contributed by atoms with Crippen molar-refractivity contribution >= 4 is 35.5 Å². The highest BCUT2D eigenvalue weighted by atomic mass is 32.2. The van der Waals surface area contributed by atoms with Crippen LogP contribution in [0.1, 0.15) is 63.1 Å². The topological polar surface area (TPSA) is 64.3 Å². The Hall–Kier alpha value is -1.68. The van der Waals surface area contributed by atoms with E-state index in [0.29, 0.717) is 22.4 Å². The fourth-order valence-electron chi connectivity index (χ4n) is 3.53. The zero-order valence-electron chi connectivity index (χ0n) is 17.0. The van der Waals surface area contributed by atoms with Crippen molar-refractivity contribution in [3.63, 3.8) is 0 Å². The second kappa shape index (κ2) is 9.69. The first kappa shape index (κ1) is 22.6. The minimum absolute atomic E-state index is 0.292. The largest absolute Gasteiger partial charge is 0.478 e. The number of nitriles is 1. The lowest BCUT2D eigenvalue weighted by molar-refractivity contribution is -0.131. The van der Waals surface area contributed by atoms with Gasteiger partial charge in [0, 0.05) is 17.5 Å². The predicted octanol–water partition coefficient (Wildman–Crippen LogP) is 5.87. The molecule has 0 fully saturated rings. The van der Waals surface area contributed by atoms with Gasteiger partial charge in [0.15, 0.2) is 0 Å². The van der Waals surface area contributed by atoms with Gasteiger partial charge in [-0.05, 0) is 66.3 Å². The van der Waals surface area contributed by atoms with Crippen molar-refractivity contribution in [3.8, 4) is 6.07 Å². The van der Waals surface area contributed by atoms with Gasteiger partial charge in [0.1, 0.15) is 0 Å². The monoisotopic (exact) mass is 416 g/mol. The summed E-state index contributed by atoms with van der Waals surface area (Å²) in [6.07, 6.45) is 5.38. The van der Waals surface area contributed by atoms with Gasteiger partial charge in [-0.15, -0.1) is 0 Å². The minimum Gasteiger partial charge on any atom is -0.478 e. The average Bonchev–Trinajstić information content (AvgIpc) is 2.61. The number of thiol groups is 1. The van der Waals surface area contributed by atoms with Gasteiger partial charge in [-0.3, -0.25) is 4.31 Å². The van der Waals surface area contributed by atoms with Crippen LogP contribution in [0, 0.1) is 16.7 Å². The van der Waals surface area contributed by atoms with E-state index >= 15 is 0 Å². The Balaban J connectivity index is 2.50. The van der Waals surface area contributed by atoms with Crippen LogP contribution in [0.2, 0.25) is 0 Å². The molecule has 150 valence electrons. The highest BCUT2D eigenvalue weighted by molar-refractivity contribution is 8.11. The molecule has 1 aromatic carbocycles. The minimum atomic E-state index is -0.966. The Morgan fingerprint density at radius 2 is 2.18 bits per heavy atom. The molecule has 4 nitrogen and oxygen atoms in total. The van der Waals surface area contributed by atoms with E-state index in [-0.39, 0.29) is 0 Å². The Bertz CT molecular complexity index is 849. The number of allylic oxidation sites excluding steroid dienone is 2. The van der Waals surface area contributed by atoms with Crippen LogP contribution in [0.5, 0.6) is 0 Å². The molecule has 2 rings (SSSR count). The molecule has 6 heteroatoms. The highest BCUT2D eigenvalue weighted by Crippen LogP contribution is 2.47. The summed E-state index contributed by atoms with van der Waals surface area (Å²) in [5.74, 6) is -0.966. The third-order valence-electron chi connectivity index (χ3n) is 4.93. The number of carboxylic acids is 1. The molecule has 0 spiro atoms. The SMILES string of the molecule is CCC1=C(S/C(=C/C(=O)O)c2ccc(C#N)cc2CN(C)S)CCC(C)(C)C1. The van der Waals surface area contributed by atoms with Crippen LogP contribution in [-0.2, 0) is 11.3 Å². The second-order valence-electron chi connectivity index (χ2n) is 7.97. The lowest BCUT2D eigenvalue weighted by atomic mass is 9.76. The molecular formula is C22H28N2O2S2. The number of nitrogens with zero attached hydrogens (tertiary/aromatic N) is 2. The number of carboxylic acid groups (broad SMARTS) is 1. The van der Waals surface area contributed by atoms with E-state index in [1.807, 2.05) is 19.2 Å². The van der Waals surface area contributed by atoms with E-state index in [1.54, 1.807) is 22.1 Å². The molecule has 0 heterocycles. The first-order valence-electron chi connectivity index (χ1n) is 9.42. The van der Waals surface area contributed by atoms with Gasteiger partial charge in [0.05, 0.1) is 11.6 Å². The molecule has 0 bridgehead atoms. The fraction of sp³-hybridized carbons (Fsp3) is 0.455. The fourth-order valence-corrected chi connectivity index (χ4v) is 4.98. The maximum absolute atomic E-state index is 11.6. The zero-order chi connectivity index (χ0) is 20.9. The molecule has 0 aliphatic heterocycles. The maximum atomic E-state index is 11.6. The van der Waals surface area contributed by atoms with Crippen LogP contribution in [0.3, 0.4) is 0 Å². The number of thioether (sulfide) groups is 1. The molecule has 0 radical (unpaired) electrons. The summed E-state index contributed by atoms with van der Waals surface area (Å²) in [5.41, 5.74) is 4.01. The third kappa shape index (κ3) is 6.16. The second-order valence-corrected chi connectivity index (χ2v) is 9.79. The lowest BCUT2D eigenvalue weighted by Crippen LogP contribution is -2.17. The number of carbonyl (C=O) groups is 1. The standard InChI is InChI=1S/C22H28N2O2S2/c1-5-16-12-22(2,3)9-8-19(16)28-20(11-21(25)26)18-7-6-15(13-23)10-17(18)14-24(4)27/h6-7,10-11,27H,5,8-9,12,14H2,1-4H3,(H,25,26)/b20-11+. The molecule has 0 amide bonds. The van der Waals surface area contributed by atoms with E-state index < -0.39 is 5.97 Å². The summed E-state index contributed by atoms with van der Waals surface area (Å²) in [7, 11) is 1.83. The summed E-state index contributed by atoms with van der Waals surface area (Å²) in [6, 6.07) is 7.57. The van der Waals surface area contributed by atoms with Crippen molar-refractivity contribution < 1.29 is 9.90 Å². The predicted molar refractivity (Wildman–Crippen MR) is 120 cm³/mol. The van der Waals surface area contributed by atoms with E-state index in [9.17, 15) is 15.2 Å². The Kier molecular flexibility index (Phi) is 7.82. The molecule has 0 unspecified atom stereocenters. The zero-order valence-corrected chi connectivity index (χ0v) is 18.7. The Morgan fingerprint density at radius 1 is 1.46 bits per heavy atom. The van der Waals surface area contributed by atoms with E-state index in [1.165, 1.54) is 16.6 Å². The Morgan fingerprint density at radius 3 is 2.75 bits per heavy atom. The molecule has 1 N–H and O–H groups in total. The van der Waals surface area contributed by atoms with Crippen LogP contribution < -0.4 is 0 Å². The third-order valence-corrected chi connectivity index (χ3v) is 6.37. The Labute approximate surface area is 177 Å². The average molecular weight is 417 g/mol. The number of aliphatic carboxylic acids is 1. The van der Waals surface area contributed by atoms with Crippen LogP contribution in [-0.4, -0.2) is 22.4 Å². The van der Waals surface area contributed by atoms with Gasteiger partial charge in [-0.25, -0.2) is 4.79 Å². The molecule has 28 heavy (non-hydrogen) atoms. The summed E-state index contributed by atoms with van der Waals surface area (Å²) in [5, 5.41) is 18.7. The van der Waals surface area contributed by atoms with E-state index in [0.717, 1.165) is 36.8 Å². The molecule has 0 saturated carbocycles. The van der Waals surface area contributed by atoms with Gasteiger partial charge in [0.25, 0.3) is 0 Å². The smallest absolute Gasteiger partial charge is 0.329 e. The number of hydrogen-bond acceptors (Lipinski definition) is 5. The summed E-state index contributed by atoms with van der Waals surface area (Å²) in [6.45, 7) is 7.26. The van der Waals surface area contributed by atoms with Crippen molar-refractivity contribution in [2.75, 3.05) is 7.05 Å². The van der Waals surface area contributed by atoms with Crippen molar-refractivity contribution in [3.05, 3.63) is 51.4 Å². The first-order valence-corrected chi connectivity index (χ1v) is 10.6. The molecule has 1 aliphatic rings. The van der Waals surface area contributed by atoms with Crippen LogP contribution in [0.4, 0.5) is 0 Å². The van der Waals surface area contributed by atoms with Crippen molar-refractivity contribution in [1.29, 1.82) is 5.26 Å². The number of hydrogen-bond donors (Lipinski definition) is 2. The quantitative estimate of drug-likeness (QED) is 0.430. The maximum Gasteiger partial charge on any atom is 0.329 e. The normalized spacial score (nSPS) is 17.0. The molecule has 0 atom stereocenters. The summed E-state index contributed by atoms with van der Waals surface area (Å²) >= 11 is 5.91. The van der Waals surface area contributed by atoms with E-state index in [4.69, 9.17) is 0 Å². The van der Waals surface area contributed by atoms with Crippen LogP contribution >= 0.6 is 24.6 Å². The van der Waals surface area contributed by atoms with Gasteiger partial charge in [-0.1, -0.05) is 57.0 Å². The van der Waals surface area contributed by atoms with Gasteiger partial charge in [-0.2, -0.15) is 5.26 Å². The molecule has 1 aromatic rings. The van der Waals surface area contributed by atoms with Crippen molar-refractivity contribution in [2.45, 2.75) is 53.0 Å². The van der Waals surface area contributed by atoms with Crippen LogP contribution in [0.25, 0.3) is 4.91 Å². The van der Waals surface area contributed by atoms with Gasteiger partial charge in [0.2, 0.25) is 0 Å². The number of benzene rings is 1. The highest BCUT2D eigenvalue weighted by Gasteiger charge is 2.27. The van der Waals surface area contributed by atoms with Crippen LogP contribution in [0.15, 0.2) is 34.8 Å². The van der Waals surface area contributed by atoms with Gasteiger partial charge >= 0.3 is 5.97 Å².